The Bertz CT molecular complexity index is 277. The van der Waals surface area contributed by atoms with E-state index in [0.29, 0.717) is 0 Å². The summed E-state index contributed by atoms with van der Waals surface area (Å²) in [4.78, 5) is 0. The number of alkyl halides is 1. The van der Waals surface area contributed by atoms with Crippen molar-refractivity contribution in [3.63, 3.8) is 0 Å². The SMILES string of the molecule is [B][C@]1(F)O[C@H](CO)C(O)[C@]1(O)C=C=C. The minimum Gasteiger partial charge on any atom is -0.394 e. The monoisotopic (exact) mass is 200 g/mol. The molecule has 14 heavy (non-hydrogen) atoms. The fraction of sp³-hybridized carbons (Fsp3) is 0.625. The van der Waals surface area contributed by atoms with Gasteiger partial charge in [0.1, 0.15) is 12.2 Å². The molecule has 1 unspecified atom stereocenters. The van der Waals surface area contributed by atoms with Gasteiger partial charge in [-0.1, -0.05) is 6.58 Å². The Hall–Kier alpha value is -0.645. The Morgan fingerprint density at radius 2 is 2.29 bits per heavy atom. The molecular formula is C8H10BFO4. The highest BCUT2D eigenvalue weighted by Crippen LogP contribution is 2.39. The van der Waals surface area contributed by atoms with Crippen molar-refractivity contribution in [3.05, 3.63) is 18.4 Å². The van der Waals surface area contributed by atoms with Crippen LogP contribution in [0, 0.1) is 0 Å². The molecule has 0 bridgehead atoms. The van der Waals surface area contributed by atoms with Crippen LogP contribution in [0.1, 0.15) is 0 Å². The zero-order valence-electron chi connectivity index (χ0n) is 7.35. The minimum atomic E-state index is -2.97. The summed E-state index contributed by atoms with van der Waals surface area (Å²) in [5.41, 5.74) is -0.328. The summed E-state index contributed by atoms with van der Waals surface area (Å²) in [6.45, 7) is 2.47. The van der Waals surface area contributed by atoms with E-state index in [1.165, 1.54) is 0 Å². The molecule has 0 aromatic carbocycles. The molecule has 0 aromatic heterocycles. The van der Waals surface area contributed by atoms with E-state index < -0.39 is 30.2 Å². The second kappa shape index (κ2) is 3.49. The lowest BCUT2D eigenvalue weighted by atomic mass is 9.78. The summed E-state index contributed by atoms with van der Waals surface area (Å²) >= 11 is 0. The van der Waals surface area contributed by atoms with Gasteiger partial charge in [0.2, 0.25) is 0 Å². The molecule has 4 atom stereocenters. The third-order valence-electron chi connectivity index (χ3n) is 2.17. The van der Waals surface area contributed by atoms with E-state index in [2.05, 4.69) is 17.0 Å². The van der Waals surface area contributed by atoms with Gasteiger partial charge in [0.05, 0.1) is 6.61 Å². The molecule has 2 radical (unpaired) electrons. The summed E-state index contributed by atoms with van der Waals surface area (Å²) in [5.74, 6) is -2.97. The predicted molar refractivity (Wildman–Crippen MR) is 46.2 cm³/mol. The number of hydrogen-bond donors (Lipinski definition) is 3. The third-order valence-corrected chi connectivity index (χ3v) is 2.17. The summed E-state index contributed by atoms with van der Waals surface area (Å²) < 4.78 is 17.9. The van der Waals surface area contributed by atoms with Gasteiger partial charge in [-0.15, -0.1) is 5.73 Å². The van der Waals surface area contributed by atoms with Crippen LogP contribution < -0.4 is 0 Å². The standard InChI is InChI=1S/C8H10BFO4/c1-2-3-7(13)6(12)5(4-11)14-8(7,9)10/h3,5-6,11-13H,1,4H2/t5-,6?,7-,8-/m1/s1. The average Bonchev–Trinajstić information content (AvgIpc) is 2.27. The van der Waals surface area contributed by atoms with Crippen LogP contribution in [0.4, 0.5) is 4.39 Å². The molecule has 3 N–H and O–H groups in total. The second-order valence-electron chi connectivity index (χ2n) is 3.10. The fourth-order valence-electron chi connectivity index (χ4n) is 1.34. The van der Waals surface area contributed by atoms with E-state index in [0.717, 1.165) is 6.08 Å². The van der Waals surface area contributed by atoms with Crippen LogP contribution >= 0.6 is 0 Å². The number of aliphatic hydroxyl groups excluding tert-OH is 2. The van der Waals surface area contributed by atoms with Crippen LogP contribution in [0.25, 0.3) is 0 Å². The van der Waals surface area contributed by atoms with Crippen LogP contribution in [-0.2, 0) is 4.74 Å². The van der Waals surface area contributed by atoms with Crippen molar-refractivity contribution in [2.75, 3.05) is 6.61 Å². The summed E-state index contributed by atoms with van der Waals surface area (Å²) in [6, 6.07) is 0. The highest BCUT2D eigenvalue weighted by atomic mass is 19.2. The molecule has 1 aliphatic rings. The summed E-state index contributed by atoms with van der Waals surface area (Å²) in [7, 11) is 4.99. The maximum atomic E-state index is 13.5. The molecule has 1 fully saturated rings. The molecular weight excluding hydrogens is 190 g/mol. The summed E-state index contributed by atoms with van der Waals surface area (Å²) in [6.07, 6.45) is -2.18. The van der Waals surface area contributed by atoms with E-state index in [1.807, 2.05) is 0 Å². The zero-order chi connectivity index (χ0) is 11.0. The Kier molecular flexibility index (Phi) is 2.85. The lowest BCUT2D eigenvalue weighted by Gasteiger charge is -2.29. The lowest BCUT2D eigenvalue weighted by Crippen LogP contribution is -2.53. The van der Waals surface area contributed by atoms with Gasteiger partial charge >= 0.3 is 0 Å². The number of hydrogen-bond acceptors (Lipinski definition) is 4. The first-order chi connectivity index (χ1) is 6.39. The van der Waals surface area contributed by atoms with Crippen molar-refractivity contribution in [1.82, 2.24) is 0 Å². The first-order valence-electron chi connectivity index (χ1n) is 3.93. The van der Waals surface area contributed by atoms with E-state index in [4.69, 9.17) is 13.0 Å². The van der Waals surface area contributed by atoms with Gasteiger partial charge in [-0.2, -0.15) is 0 Å². The molecule has 0 amide bonds. The van der Waals surface area contributed by atoms with Crippen molar-refractivity contribution >= 4 is 7.85 Å². The van der Waals surface area contributed by atoms with Crippen LogP contribution in [0.15, 0.2) is 18.4 Å². The largest absolute Gasteiger partial charge is 0.394 e. The topological polar surface area (TPSA) is 69.9 Å². The van der Waals surface area contributed by atoms with Gasteiger partial charge < -0.3 is 20.1 Å². The maximum absolute atomic E-state index is 13.5. The molecule has 76 valence electrons. The Morgan fingerprint density at radius 3 is 2.64 bits per heavy atom. The first-order valence-corrected chi connectivity index (χ1v) is 3.93. The molecule has 1 heterocycles. The van der Waals surface area contributed by atoms with Crippen LogP contribution in [0.3, 0.4) is 0 Å². The van der Waals surface area contributed by atoms with Crippen molar-refractivity contribution < 1.29 is 24.4 Å². The molecule has 6 heteroatoms. The van der Waals surface area contributed by atoms with E-state index >= 15 is 0 Å². The normalized spacial score (nSPS) is 47.4. The quantitative estimate of drug-likeness (QED) is 0.378. The predicted octanol–water partition coefficient (Wildman–Crippen LogP) is -1.40. The van der Waals surface area contributed by atoms with Crippen molar-refractivity contribution in [2.24, 2.45) is 0 Å². The second-order valence-corrected chi connectivity index (χ2v) is 3.10. The number of halogens is 1. The van der Waals surface area contributed by atoms with E-state index in [9.17, 15) is 14.6 Å². The Balaban J connectivity index is 3.09. The smallest absolute Gasteiger partial charge is 0.195 e. The minimum absolute atomic E-state index is 0.655. The lowest BCUT2D eigenvalue weighted by molar-refractivity contribution is -0.144. The number of aliphatic hydroxyl groups is 3. The Labute approximate surface area is 81.7 Å². The van der Waals surface area contributed by atoms with Gasteiger partial charge in [-0.05, 0) is 6.08 Å². The maximum Gasteiger partial charge on any atom is 0.195 e. The molecule has 0 aromatic rings. The molecule has 0 saturated carbocycles. The van der Waals surface area contributed by atoms with Crippen molar-refractivity contribution in [3.8, 4) is 0 Å². The fourth-order valence-corrected chi connectivity index (χ4v) is 1.34. The van der Waals surface area contributed by atoms with Crippen LogP contribution in [0.5, 0.6) is 0 Å². The van der Waals surface area contributed by atoms with Crippen molar-refractivity contribution in [1.29, 1.82) is 0 Å². The first kappa shape index (κ1) is 11.4. The average molecular weight is 200 g/mol. The van der Waals surface area contributed by atoms with Gasteiger partial charge in [0.15, 0.2) is 19.2 Å². The van der Waals surface area contributed by atoms with E-state index in [-0.39, 0.29) is 0 Å². The van der Waals surface area contributed by atoms with Gasteiger partial charge in [-0.3, -0.25) is 0 Å². The highest BCUT2D eigenvalue weighted by molar-refractivity contribution is 6.14. The highest BCUT2D eigenvalue weighted by Gasteiger charge is 2.61. The third kappa shape index (κ3) is 1.41. The van der Waals surface area contributed by atoms with Crippen molar-refractivity contribution in [2.45, 2.75) is 23.6 Å². The molecule has 4 nitrogen and oxygen atoms in total. The summed E-state index contributed by atoms with van der Waals surface area (Å²) in [5, 5.41) is 27.8. The number of rotatable bonds is 2. The Morgan fingerprint density at radius 1 is 1.71 bits per heavy atom. The number of ether oxygens (including phenoxy) is 1. The molecule has 1 saturated heterocycles. The van der Waals surface area contributed by atoms with Gasteiger partial charge in [-0.25, -0.2) is 4.39 Å². The van der Waals surface area contributed by atoms with Crippen LogP contribution in [0.2, 0.25) is 0 Å². The van der Waals surface area contributed by atoms with Crippen LogP contribution in [-0.4, -0.2) is 53.3 Å². The molecule has 1 aliphatic heterocycles. The molecule has 1 rings (SSSR count). The van der Waals surface area contributed by atoms with Gasteiger partial charge in [0, 0.05) is 0 Å². The van der Waals surface area contributed by atoms with Gasteiger partial charge in [0.25, 0.3) is 0 Å². The molecule has 0 spiro atoms. The zero-order valence-corrected chi connectivity index (χ0v) is 7.35. The molecule has 0 aliphatic carbocycles. The van der Waals surface area contributed by atoms with E-state index in [1.54, 1.807) is 0 Å².